The number of methoxy groups -OCH3 is 1. The third-order valence-electron chi connectivity index (χ3n) is 5.05. The third-order valence-corrected chi connectivity index (χ3v) is 5.05. The Bertz CT molecular complexity index is 578. The first-order valence-electron chi connectivity index (χ1n) is 10.6. The van der Waals surface area contributed by atoms with Crippen LogP contribution in [0.25, 0.3) is 0 Å². The highest BCUT2D eigenvalue weighted by Gasteiger charge is 2.37. The molecular weight excluding hydrogens is 390 g/mol. The number of nitrogens with one attached hydrogen (secondary N) is 1. The van der Waals surface area contributed by atoms with Gasteiger partial charge in [-0.25, -0.2) is 0 Å². The maximum atomic E-state index is 12.8. The first kappa shape index (κ1) is 26.5. The summed E-state index contributed by atoms with van der Waals surface area (Å²) >= 11 is 0. The summed E-state index contributed by atoms with van der Waals surface area (Å²) in [5.41, 5.74) is 5.31. The van der Waals surface area contributed by atoms with Gasteiger partial charge in [0.25, 0.3) is 5.91 Å². The molecule has 6 N–H and O–H groups in total. The highest BCUT2D eigenvalue weighted by molar-refractivity contribution is 5.89. The second-order valence-corrected chi connectivity index (χ2v) is 8.88. The molecule has 1 heterocycles. The van der Waals surface area contributed by atoms with Crippen LogP contribution < -0.4 is 11.1 Å². The molecule has 0 aromatic carbocycles. The van der Waals surface area contributed by atoms with Crippen molar-refractivity contribution in [2.24, 2.45) is 11.1 Å². The number of aliphatic hydroxyl groups excluding tert-OH is 3. The summed E-state index contributed by atoms with van der Waals surface area (Å²) in [5.74, 6) is -0.901. The Kier molecular flexibility index (Phi) is 10.9. The number of hydrogen-bond acceptors (Lipinski definition) is 7. The molecule has 0 spiro atoms. The molecule has 2 amide bonds. The first-order valence-corrected chi connectivity index (χ1v) is 10.6. The van der Waals surface area contributed by atoms with Gasteiger partial charge in [0.2, 0.25) is 5.91 Å². The molecule has 1 rings (SSSR count). The molecule has 5 atom stereocenters. The van der Waals surface area contributed by atoms with Crippen LogP contribution in [0.2, 0.25) is 0 Å². The normalized spacial score (nSPS) is 22.5. The summed E-state index contributed by atoms with van der Waals surface area (Å²) in [6, 6.07) is -0.731. The minimum Gasteiger partial charge on any atom is -0.387 e. The predicted molar refractivity (Wildman–Crippen MR) is 113 cm³/mol. The van der Waals surface area contributed by atoms with E-state index in [1.165, 1.54) is 13.2 Å². The lowest BCUT2D eigenvalue weighted by atomic mass is 9.94. The summed E-state index contributed by atoms with van der Waals surface area (Å²) in [6.45, 7) is 7.39. The molecule has 1 saturated heterocycles. The van der Waals surface area contributed by atoms with Crippen molar-refractivity contribution in [2.75, 3.05) is 26.7 Å². The minimum atomic E-state index is -1.68. The number of ether oxygens (including phenoxy) is 1. The topological polar surface area (TPSA) is 145 Å². The van der Waals surface area contributed by atoms with Crippen LogP contribution in [0.3, 0.4) is 0 Å². The maximum absolute atomic E-state index is 12.8. The van der Waals surface area contributed by atoms with Crippen LogP contribution in [-0.4, -0.2) is 89.2 Å². The molecule has 0 aromatic rings. The van der Waals surface area contributed by atoms with Gasteiger partial charge in [-0.1, -0.05) is 32.9 Å². The Morgan fingerprint density at radius 1 is 1.30 bits per heavy atom. The SMILES string of the molecule is CO[C@@H](C(=O)N[C@H]1CCCCN(CCCN)C1=O)[C@H](O)[C@@H](O)[C@H](O)/C=C/C(C)(C)C. The quantitative estimate of drug-likeness (QED) is 0.295. The standard InChI is InChI=1S/C21H39N3O6/c1-21(2,3)10-9-15(25)16(26)17(27)18(30-4)19(28)23-14-8-5-6-12-24(20(14)29)13-7-11-22/h9-10,14-18,25-27H,5-8,11-13,22H2,1-4H3,(H,23,28)/b10-9+/t14-,15+,16-,17+,18+/m0/s1. The van der Waals surface area contributed by atoms with Crippen molar-refractivity contribution < 1.29 is 29.6 Å². The van der Waals surface area contributed by atoms with Crippen molar-refractivity contribution in [3.8, 4) is 0 Å². The molecule has 1 aliphatic heterocycles. The van der Waals surface area contributed by atoms with E-state index >= 15 is 0 Å². The highest BCUT2D eigenvalue weighted by Crippen LogP contribution is 2.18. The van der Waals surface area contributed by atoms with E-state index in [9.17, 15) is 24.9 Å². The zero-order valence-corrected chi connectivity index (χ0v) is 18.6. The number of carbonyl (C=O) groups excluding carboxylic acids is 2. The molecule has 0 unspecified atom stereocenters. The molecule has 0 saturated carbocycles. The van der Waals surface area contributed by atoms with Gasteiger partial charge in [-0.2, -0.15) is 0 Å². The van der Waals surface area contributed by atoms with E-state index in [-0.39, 0.29) is 11.3 Å². The van der Waals surface area contributed by atoms with Crippen molar-refractivity contribution in [1.82, 2.24) is 10.2 Å². The van der Waals surface area contributed by atoms with E-state index < -0.39 is 36.4 Å². The average Bonchev–Trinajstić information content (AvgIpc) is 2.85. The van der Waals surface area contributed by atoms with E-state index in [0.717, 1.165) is 12.8 Å². The Labute approximate surface area is 179 Å². The Morgan fingerprint density at radius 3 is 2.53 bits per heavy atom. The van der Waals surface area contributed by atoms with Crippen LogP contribution in [0.4, 0.5) is 0 Å². The van der Waals surface area contributed by atoms with Gasteiger partial charge in [0, 0.05) is 20.2 Å². The van der Waals surface area contributed by atoms with Crippen LogP contribution in [0.5, 0.6) is 0 Å². The fraction of sp³-hybridized carbons (Fsp3) is 0.810. The van der Waals surface area contributed by atoms with Crippen molar-refractivity contribution in [2.45, 2.75) is 76.9 Å². The maximum Gasteiger partial charge on any atom is 0.252 e. The number of hydrogen-bond donors (Lipinski definition) is 5. The molecule has 0 radical (unpaired) electrons. The lowest BCUT2D eigenvalue weighted by Gasteiger charge is -2.29. The average molecular weight is 430 g/mol. The Balaban J connectivity index is 2.80. The molecule has 0 aliphatic carbocycles. The summed E-state index contributed by atoms with van der Waals surface area (Å²) in [6.07, 6.45) is -0.276. The first-order chi connectivity index (χ1) is 14.0. The van der Waals surface area contributed by atoms with Gasteiger partial charge in [0.15, 0.2) is 6.10 Å². The monoisotopic (exact) mass is 429 g/mol. The van der Waals surface area contributed by atoms with Crippen molar-refractivity contribution in [3.63, 3.8) is 0 Å². The Morgan fingerprint density at radius 2 is 1.97 bits per heavy atom. The van der Waals surface area contributed by atoms with E-state index in [4.69, 9.17) is 10.5 Å². The molecule has 174 valence electrons. The van der Waals surface area contributed by atoms with Gasteiger partial charge in [0.1, 0.15) is 24.4 Å². The summed E-state index contributed by atoms with van der Waals surface area (Å²) in [4.78, 5) is 27.2. The zero-order valence-electron chi connectivity index (χ0n) is 18.6. The summed E-state index contributed by atoms with van der Waals surface area (Å²) in [5, 5.41) is 33.5. The van der Waals surface area contributed by atoms with Crippen LogP contribution >= 0.6 is 0 Å². The van der Waals surface area contributed by atoms with Gasteiger partial charge >= 0.3 is 0 Å². The van der Waals surface area contributed by atoms with Crippen molar-refractivity contribution >= 4 is 11.8 Å². The van der Waals surface area contributed by atoms with Crippen LogP contribution in [0.15, 0.2) is 12.2 Å². The van der Waals surface area contributed by atoms with Crippen LogP contribution in [0, 0.1) is 5.41 Å². The summed E-state index contributed by atoms with van der Waals surface area (Å²) in [7, 11) is 1.22. The van der Waals surface area contributed by atoms with E-state index in [2.05, 4.69) is 5.32 Å². The molecule has 30 heavy (non-hydrogen) atoms. The molecule has 0 bridgehead atoms. The zero-order chi connectivity index (χ0) is 22.9. The minimum absolute atomic E-state index is 0.188. The lowest BCUT2D eigenvalue weighted by molar-refractivity contribution is -0.151. The van der Waals surface area contributed by atoms with Gasteiger partial charge < -0.3 is 36.0 Å². The van der Waals surface area contributed by atoms with Gasteiger partial charge in [-0.3, -0.25) is 9.59 Å². The highest BCUT2D eigenvalue weighted by atomic mass is 16.5. The second-order valence-electron chi connectivity index (χ2n) is 8.88. The third kappa shape index (κ3) is 8.31. The number of rotatable bonds is 10. The fourth-order valence-corrected chi connectivity index (χ4v) is 3.28. The molecular formula is C21H39N3O6. The van der Waals surface area contributed by atoms with Crippen molar-refractivity contribution in [1.29, 1.82) is 0 Å². The summed E-state index contributed by atoms with van der Waals surface area (Å²) < 4.78 is 5.09. The largest absolute Gasteiger partial charge is 0.387 e. The van der Waals surface area contributed by atoms with Gasteiger partial charge in [-0.15, -0.1) is 0 Å². The molecule has 0 aromatic heterocycles. The van der Waals surface area contributed by atoms with Gasteiger partial charge in [-0.05, 0) is 37.6 Å². The van der Waals surface area contributed by atoms with E-state index in [1.54, 1.807) is 11.0 Å². The van der Waals surface area contributed by atoms with Crippen molar-refractivity contribution in [3.05, 3.63) is 12.2 Å². The molecule has 1 aliphatic rings. The Hall–Kier alpha value is -1.52. The van der Waals surface area contributed by atoms with Crippen LogP contribution in [-0.2, 0) is 14.3 Å². The fourth-order valence-electron chi connectivity index (χ4n) is 3.28. The predicted octanol–water partition coefficient (Wildman–Crippen LogP) is -0.467. The number of amides is 2. The number of allylic oxidation sites excluding steroid dienone is 1. The smallest absolute Gasteiger partial charge is 0.252 e. The van der Waals surface area contributed by atoms with Crippen LogP contribution in [0.1, 0.15) is 46.5 Å². The number of likely N-dealkylation sites (tertiary alicyclic amines) is 1. The number of carbonyl (C=O) groups is 2. The molecule has 9 heteroatoms. The lowest BCUT2D eigenvalue weighted by Crippen LogP contribution is -2.55. The number of aliphatic hydroxyl groups is 3. The second kappa shape index (κ2) is 12.4. The number of nitrogens with zero attached hydrogens (tertiary/aromatic N) is 1. The molecule has 9 nitrogen and oxygen atoms in total. The van der Waals surface area contributed by atoms with E-state index in [0.29, 0.717) is 32.5 Å². The molecule has 1 fully saturated rings. The van der Waals surface area contributed by atoms with E-state index in [1.807, 2.05) is 20.8 Å². The number of nitrogens with two attached hydrogens (primary N) is 1. The van der Waals surface area contributed by atoms with Gasteiger partial charge in [0.05, 0.1) is 0 Å².